The van der Waals surface area contributed by atoms with Gasteiger partial charge in [0.15, 0.2) is 5.82 Å². The number of ether oxygens (including phenoxy) is 1. The second-order valence-corrected chi connectivity index (χ2v) is 9.80. The third-order valence-corrected chi connectivity index (χ3v) is 6.80. The zero-order valence-corrected chi connectivity index (χ0v) is 21.2. The molecule has 0 atom stereocenters. The molecule has 184 valence electrons. The Bertz CT molecular complexity index is 1260. The molecule has 0 spiro atoms. The Morgan fingerprint density at radius 1 is 1.20 bits per heavy atom. The predicted octanol–water partition coefficient (Wildman–Crippen LogP) is 3.64. The van der Waals surface area contributed by atoms with E-state index in [9.17, 15) is 9.59 Å². The lowest BCUT2D eigenvalue weighted by Gasteiger charge is -2.15. The molecule has 3 N–H and O–H groups in total. The fourth-order valence-corrected chi connectivity index (χ4v) is 4.70. The highest BCUT2D eigenvalue weighted by Gasteiger charge is 2.22. The van der Waals surface area contributed by atoms with Crippen LogP contribution < -0.4 is 20.8 Å². The average Bonchev–Trinajstić information content (AvgIpc) is 3.39. The van der Waals surface area contributed by atoms with Crippen molar-refractivity contribution in [2.45, 2.75) is 51.8 Å². The fraction of sp³-hybridized carbons (Fsp3) is 0.360. The minimum atomic E-state index is -0.182. The number of hydrogen-bond acceptors (Lipinski definition) is 7. The van der Waals surface area contributed by atoms with Gasteiger partial charge in [0.05, 0.1) is 5.75 Å². The molecular weight excluding hydrogens is 464 g/mol. The van der Waals surface area contributed by atoms with Gasteiger partial charge in [0.25, 0.3) is 0 Å². The van der Waals surface area contributed by atoms with Gasteiger partial charge in [-0.3, -0.25) is 9.59 Å². The van der Waals surface area contributed by atoms with E-state index in [4.69, 9.17) is 10.6 Å². The van der Waals surface area contributed by atoms with Crippen LogP contribution in [-0.2, 0) is 22.6 Å². The van der Waals surface area contributed by atoms with E-state index in [2.05, 4.69) is 41.5 Å². The van der Waals surface area contributed by atoms with Gasteiger partial charge in [-0.15, -0.1) is 10.2 Å². The summed E-state index contributed by atoms with van der Waals surface area (Å²) in [7, 11) is 0. The SMILES string of the molecule is CC(=O)N1CCc2cc(NC(=O)CSc3nnc(COc4cc(C)ccc4C(C)C)n3N)ccc21. The van der Waals surface area contributed by atoms with Crippen LogP contribution in [0.3, 0.4) is 0 Å². The monoisotopic (exact) mass is 494 g/mol. The summed E-state index contributed by atoms with van der Waals surface area (Å²) in [6, 6.07) is 11.7. The number of hydrogen-bond donors (Lipinski definition) is 2. The summed E-state index contributed by atoms with van der Waals surface area (Å²) >= 11 is 1.20. The number of nitrogens with one attached hydrogen (secondary N) is 1. The van der Waals surface area contributed by atoms with Gasteiger partial charge in [0.1, 0.15) is 12.4 Å². The summed E-state index contributed by atoms with van der Waals surface area (Å²) < 4.78 is 7.36. The van der Waals surface area contributed by atoms with E-state index >= 15 is 0 Å². The second kappa shape index (κ2) is 10.4. The average molecular weight is 495 g/mol. The van der Waals surface area contributed by atoms with Crippen LogP contribution in [0.15, 0.2) is 41.6 Å². The number of nitrogens with two attached hydrogens (primary N) is 1. The van der Waals surface area contributed by atoms with Crippen LogP contribution in [0.2, 0.25) is 0 Å². The van der Waals surface area contributed by atoms with Gasteiger partial charge in [0, 0.05) is 24.8 Å². The van der Waals surface area contributed by atoms with Crippen LogP contribution in [0.4, 0.5) is 11.4 Å². The maximum atomic E-state index is 12.5. The summed E-state index contributed by atoms with van der Waals surface area (Å²) in [5, 5.41) is 11.6. The zero-order chi connectivity index (χ0) is 25.1. The second-order valence-electron chi connectivity index (χ2n) is 8.85. The zero-order valence-electron chi connectivity index (χ0n) is 20.4. The number of thioether (sulfide) groups is 1. The molecule has 2 heterocycles. The third-order valence-electron chi connectivity index (χ3n) is 5.85. The molecule has 4 rings (SSSR count). The number of benzene rings is 2. The first-order valence-electron chi connectivity index (χ1n) is 11.5. The van der Waals surface area contributed by atoms with E-state index in [0.717, 1.165) is 34.5 Å². The summed E-state index contributed by atoms with van der Waals surface area (Å²) in [4.78, 5) is 26.0. The van der Waals surface area contributed by atoms with Crippen LogP contribution in [-0.4, -0.2) is 39.0 Å². The number of amides is 2. The molecule has 3 aromatic rings. The molecule has 1 aliphatic heterocycles. The Hall–Kier alpha value is -3.53. The molecule has 0 aliphatic carbocycles. The normalized spacial score (nSPS) is 12.7. The highest BCUT2D eigenvalue weighted by Crippen LogP contribution is 2.31. The number of nitrogens with zero attached hydrogens (tertiary/aromatic N) is 4. The highest BCUT2D eigenvalue weighted by molar-refractivity contribution is 7.99. The fourth-order valence-electron chi connectivity index (χ4n) is 4.02. The standard InChI is InChI=1S/C25H30N6O3S/c1-15(2)20-7-5-16(3)11-22(20)34-13-23-28-29-25(31(23)26)35-14-24(33)27-19-6-8-21-18(12-19)9-10-30(21)17(4)32/h5-8,11-12,15H,9-10,13-14,26H2,1-4H3,(H,27,33). The molecule has 0 bridgehead atoms. The molecule has 0 saturated heterocycles. The van der Waals surface area contributed by atoms with Crippen LogP contribution in [0, 0.1) is 6.92 Å². The first-order valence-corrected chi connectivity index (χ1v) is 12.5. The van der Waals surface area contributed by atoms with E-state index in [1.54, 1.807) is 17.9 Å². The van der Waals surface area contributed by atoms with E-state index in [1.165, 1.54) is 16.4 Å². The smallest absolute Gasteiger partial charge is 0.234 e. The summed E-state index contributed by atoms with van der Waals surface area (Å²) in [5.41, 5.74) is 4.88. The first kappa shape index (κ1) is 24.6. The Morgan fingerprint density at radius 2 is 2.00 bits per heavy atom. The van der Waals surface area contributed by atoms with Crippen LogP contribution in [0.25, 0.3) is 0 Å². The van der Waals surface area contributed by atoms with Crippen molar-refractivity contribution in [2.24, 2.45) is 0 Å². The maximum Gasteiger partial charge on any atom is 0.234 e. The van der Waals surface area contributed by atoms with Gasteiger partial charge >= 0.3 is 0 Å². The van der Waals surface area contributed by atoms with Crippen molar-refractivity contribution in [1.82, 2.24) is 14.9 Å². The quantitative estimate of drug-likeness (QED) is 0.363. The van der Waals surface area contributed by atoms with E-state index in [0.29, 0.717) is 29.1 Å². The first-order chi connectivity index (χ1) is 16.7. The van der Waals surface area contributed by atoms with Gasteiger partial charge in [-0.25, -0.2) is 4.68 Å². The van der Waals surface area contributed by atoms with Crippen LogP contribution in [0.1, 0.15) is 49.2 Å². The van der Waals surface area contributed by atoms with Crippen LogP contribution >= 0.6 is 11.8 Å². The Morgan fingerprint density at radius 3 is 2.74 bits per heavy atom. The predicted molar refractivity (Wildman–Crippen MR) is 137 cm³/mol. The lowest BCUT2D eigenvalue weighted by Crippen LogP contribution is -2.25. The molecule has 2 amide bonds. The van der Waals surface area contributed by atoms with Gasteiger partial charge < -0.3 is 20.8 Å². The minimum absolute atomic E-state index is 0.0202. The van der Waals surface area contributed by atoms with Crippen molar-refractivity contribution in [3.8, 4) is 5.75 Å². The summed E-state index contributed by atoms with van der Waals surface area (Å²) in [5.74, 6) is 7.72. The van der Waals surface area contributed by atoms with Crippen LogP contribution in [0.5, 0.6) is 5.75 Å². The molecule has 10 heteroatoms. The largest absolute Gasteiger partial charge is 0.485 e. The van der Waals surface area contributed by atoms with Gasteiger partial charge in [0.2, 0.25) is 17.0 Å². The lowest BCUT2D eigenvalue weighted by atomic mass is 10.0. The number of carbonyl (C=O) groups excluding carboxylic acids is 2. The van der Waals surface area contributed by atoms with Gasteiger partial charge in [-0.1, -0.05) is 37.7 Å². The minimum Gasteiger partial charge on any atom is -0.485 e. The highest BCUT2D eigenvalue weighted by atomic mass is 32.2. The van der Waals surface area contributed by atoms with Crippen molar-refractivity contribution in [2.75, 3.05) is 28.4 Å². The van der Waals surface area contributed by atoms with Gasteiger partial charge in [-0.05, 0) is 60.2 Å². The molecule has 0 radical (unpaired) electrons. The third kappa shape index (κ3) is 5.59. The summed E-state index contributed by atoms with van der Waals surface area (Å²) in [6.07, 6.45) is 0.774. The molecule has 9 nitrogen and oxygen atoms in total. The van der Waals surface area contributed by atoms with E-state index < -0.39 is 0 Å². The van der Waals surface area contributed by atoms with Crippen molar-refractivity contribution in [3.05, 3.63) is 58.9 Å². The van der Waals surface area contributed by atoms with E-state index in [-0.39, 0.29) is 24.2 Å². The molecular formula is C25H30N6O3S. The van der Waals surface area contributed by atoms with Crippen molar-refractivity contribution < 1.29 is 14.3 Å². The topological polar surface area (TPSA) is 115 Å². The molecule has 0 saturated carbocycles. The molecule has 1 aromatic heterocycles. The number of fused-ring (bicyclic) bond motifs is 1. The number of aromatic nitrogens is 3. The van der Waals surface area contributed by atoms with Crippen molar-refractivity contribution in [3.63, 3.8) is 0 Å². The van der Waals surface area contributed by atoms with Gasteiger partial charge in [-0.2, -0.15) is 0 Å². The number of rotatable bonds is 8. The molecule has 2 aromatic carbocycles. The number of nitrogen functional groups attached to an aromatic ring is 1. The number of carbonyl (C=O) groups is 2. The lowest BCUT2D eigenvalue weighted by molar-refractivity contribution is -0.116. The Kier molecular flexibility index (Phi) is 7.30. The molecule has 35 heavy (non-hydrogen) atoms. The number of aryl methyl sites for hydroxylation is 1. The maximum absolute atomic E-state index is 12.5. The number of anilines is 2. The molecule has 1 aliphatic rings. The summed E-state index contributed by atoms with van der Waals surface area (Å²) in [6.45, 7) is 8.65. The molecule has 0 fully saturated rings. The van der Waals surface area contributed by atoms with Crippen molar-refractivity contribution >= 4 is 35.0 Å². The Balaban J connectivity index is 1.33. The Labute approximate surface area is 209 Å². The van der Waals surface area contributed by atoms with Crippen molar-refractivity contribution in [1.29, 1.82) is 0 Å². The van der Waals surface area contributed by atoms with E-state index in [1.807, 2.05) is 25.1 Å². The molecule has 0 unspecified atom stereocenters.